The van der Waals surface area contributed by atoms with Gasteiger partial charge in [0.15, 0.2) is 0 Å². The molecule has 9 heteroatoms. The first-order valence-corrected chi connectivity index (χ1v) is 11.2. The van der Waals surface area contributed by atoms with Crippen LogP contribution in [0.15, 0.2) is 66.7 Å². The second-order valence-electron chi connectivity index (χ2n) is 7.62. The maximum atomic E-state index is 12.3. The topological polar surface area (TPSA) is 65.6 Å². The van der Waals surface area contributed by atoms with E-state index in [9.17, 15) is 13.2 Å². The van der Waals surface area contributed by atoms with Crippen LogP contribution in [0.3, 0.4) is 0 Å². The standard InChI is InChI=1S/C26H25F3N2O4/c1-3-32-21-13-14-22-23(15-21)31-25(30-22)24(33-4-2)18-7-11-19(12-8-18)34-16-17-5-9-20(10-6-17)35-26(27,28)29/h5-15,24H,3-4,16H2,1-2H3,(H,30,31). The molecule has 0 saturated heterocycles. The van der Waals surface area contributed by atoms with Crippen molar-refractivity contribution in [2.75, 3.05) is 13.2 Å². The Hall–Kier alpha value is -3.72. The van der Waals surface area contributed by atoms with Gasteiger partial charge in [-0.1, -0.05) is 24.3 Å². The van der Waals surface area contributed by atoms with Gasteiger partial charge in [-0.05, 0) is 61.4 Å². The van der Waals surface area contributed by atoms with Crippen LogP contribution in [0.25, 0.3) is 11.0 Å². The third kappa shape index (κ3) is 6.45. The third-order valence-corrected chi connectivity index (χ3v) is 5.11. The molecule has 1 atom stereocenters. The lowest BCUT2D eigenvalue weighted by atomic mass is 10.1. The van der Waals surface area contributed by atoms with E-state index in [-0.39, 0.29) is 12.4 Å². The predicted octanol–water partition coefficient (Wildman–Crippen LogP) is 6.57. The molecule has 0 radical (unpaired) electrons. The van der Waals surface area contributed by atoms with Crippen molar-refractivity contribution in [2.24, 2.45) is 0 Å². The predicted molar refractivity (Wildman–Crippen MR) is 125 cm³/mol. The van der Waals surface area contributed by atoms with Crippen molar-refractivity contribution in [1.29, 1.82) is 0 Å². The zero-order valence-electron chi connectivity index (χ0n) is 19.3. The highest BCUT2D eigenvalue weighted by molar-refractivity contribution is 5.77. The number of alkyl halides is 3. The smallest absolute Gasteiger partial charge is 0.494 e. The van der Waals surface area contributed by atoms with Gasteiger partial charge in [-0.15, -0.1) is 13.2 Å². The zero-order valence-corrected chi connectivity index (χ0v) is 19.3. The minimum absolute atomic E-state index is 0.201. The Balaban J connectivity index is 1.43. The number of rotatable bonds is 10. The summed E-state index contributed by atoms with van der Waals surface area (Å²) in [5.74, 6) is 1.79. The first-order valence-electron chi connectivity index (χ1n) is 11.2. The van der Waals surface area contributed by atoms with Crippen molar-refractivity contribution in [3.05, 3.63) is 83.7 Å². The van der Waals surface area contributed by atoms with Crippen molar-refractivity contribution in [3.8, 4) is 17.2 Å². The number of aromatic amines is 1. The molecule has 0 amide bonds. The van der Waals surface area contributed by atoms with Gasteiger partial charge >= 0.3 is 6.36 Å². The fourth-order valence-corrected chi connectivity index (χ4v) is 3.58. The van der Waals surface area contributed by atoms with Gasteiger partial charge in [0.25, 0.3) is 0 Å². The largest absolute Gasteiger partial charge is 0.573 e. The van der Waals surface area contributed by atoms with Crippen LogP contribution < -0.4 is 14.2 Å². The number of ether oxygens (including phenoxy) is 4. The molecular formula is C26H25F3N2O4. The summed E-state index contributed by atoms with van der Waals surface area (Å²) >= 11 is 0. The highest BCUT2D eigenvalue weighted by Crippen LogP contribution is 2.29. The summed E-state index contributed by atoms with van der Waals surface area (Å²) in [7, 11) is 0. The number of benzene rings is 3. The molecule has 0 fully saturated rings. The van der Waals surface area contributed by atoms with Crippen LogP contribution in [0.4, 0.5) is 13.2 Å². The van der Waals surface area contributed by atoms with E-state index in [1.165, 1.54) is 24.3 Å². The molecule has 1 N–H and O–H groups in total. The lowest BCUT2D eigenvalue weighted by molar-refractivity contribution is -0.274. The average Bonchev–Trinajstić information content (AvgIpc) is 3.25. The molecule has 184 valence electrons. The number of aromatic nitrogens is 2. The Bertz CT molecular complexity index is 1240. The minimum Gasteiger partial charge on any atom is -0.494 e. The van der Waals surface area contributed by atoms with E-state index in [0.717, 1.165) is 22.3 Å². The molecule has 0 bridgehead atoms. The van der Waals surface area contributed by atoms with Crippen molar-refractivity contribution < 1.29 is 32.1 Å². The fourth-order valence-electron chi connectivity index (χ4n) is 3.58. The Kier molecular flexibility index (Phi) is 7.45. The normalized spacial score (nSPS) is 12.5. The molecule has 0 aliphatic heterocycles. The second kappa shape index (κ2) is 10.7. The third-order valence-electron chi connectivity index (χ3n) is 5.11. The van der Waals surface area contributed by atoms with Crippen LogP contribution >= 0.6 is 0 Å². The van der Waals surface area contributed by atoms with Crippen molar-refractivity contribution in [1.82, 2.24) is 9.97 Å². The summed E-state index contributed by atoms with van der Waals surface area (Å²) in [5.41, 5.74) is 3.29. The zero-order chi connectivity index (χ0) is 24.8. The fraction of sp³-hybridized carbons (Fsp3) is 0.269. The minimum atomic E-state index is -4.71. The van der Waals surface area contributed by atoms with E-state index < -0.39 is 12.5 Å². The summed E-state index contributed by atoms with van der Waals surface area (Å²) in [5, 5.41) is 0. The molecule has 35 heavy (non-hydrogen) atoms. The molecule has 1 heterocycles. The molecule has 1 aromatic heterocycles. The van der Waals surface area contributed by atoms with Gasteiger partial charge in [-0.2, -0.15) is 0 Å². The van der Waals surface area contributed by atoms with Crippen LogP contribution in [-0.4, -0.2) is 29.5 Å². The molecule has 0 spiro atoms. The summed E-state index contributed by atoms with van der Waals surface area (Å²) in [6.45, 7) is 5.13. The number of nitrogens with one attached hydrogen (secondary N) is 1. The maximum absolute atomic E-state index is 12.3. The van der Waals surface area contributed by atoms with E-state index >= 15 is 0 Å². The Morgan fingerprint density at radius 2 is 1.51 bits per heavy atom. The van der Waals surface area contributed by atoms with E-state index in [2.05, 4.69) is 9.72 Å². The molecular weight excluding hydrogens is 461 g/mol. The molecule has 1 unspecified atom stereocenters. The summed E-state index contributed by atoms with van der Waals surface area (Å²) in [6, 6.07) is 18.7. The lowest BCUT2D eigenvalue weighted by Crippen LogP contribution is -2.17. The molecule has 0 aliphatic carbocycles. The number of H-pyrrole nitrogens is 1. The second-order valence-corrected chi connectivity index (χ2v) is 7.62. The van der Waals surface area contributed by atoms with Crippen molar-refractivity contribution >= 4 is 11.0 Å². The number of imidazole rings is 1. The molecule has 3 aromatic carbocycles. The van der Waals surface area contributed by atoms with Gasteiger partial charge in [0.2, 0.25) is 0 Å². The summed E-state index contributed by atoms with van der Waals surface area (Å²) < 4.78 is 58.1. The van der Waals surface area contributed by atoms with Crippen LogP contribution in [-0.2, 0) is 11.3 Å². The van der Waals surface area contributed by atoms with Gasteiger partial charge in [0.1, 0.15) is 35.8 Å². The molecule has 4 aromatic rings. The molecule has 6 nitrogen and oxygen atoms in total. The van der Waals surface area contributed by atoms with Gasteiger partial charge in [0.05, 0.1) is 17.6 Å². The maximum Gasteiger partial charge on any atom is 0.573 e. The highest BCUT2D eigenvalue weighted by atomic mass is 19.4. The van der Waals surface area contributed by atoms with Crippen molar-refractivity contribution in [3.63, 3.8) is 0 Å². The Labute approximate surface area is 200 Å². The SMILES string of the molecule is CCOc1ccc2[nH]c(C(OCC)c3ccc(OCc4ccc(OC(F)(F)F)cc4)cc3)nc2c1. The van der Waals surface area contributed by atoms with E-state index in [1.54, 1.807) is 0 Å². The van der Waals surface area contributed by atoms with Gasteiger partial charge in [0, 0.05) is 12.7 Å². The molecule has 0 aliphatic rings. The van der Waals surface area contributed by atoms with Crippen LogP contribution in [0.5, 0.6) is 17.2 Å². The first kappa shape index (κ1) is 24.4. The number of hydrogen-bond donors (Lipinski definition) is 1. The monoisotopic (exact) mass is 486 g/mol. The lowest BCUT2D eigenvalue weighted by Gasteiger charge is -2.16. The number of halogens is 3. The summed E-state index contributed by atoms with van der Waals surface area (Å²) in [6.07, 6.45) is -5.10. The Morgan fingerprint density at radius 1 is 0.829 bits per heavy atom. The average molecular weight is 486 g/mol. The van der Waals surface area contributed by atoms with E-state index in [4.69, 9.17) is 19.2 Å². The molecule has 0 saturated carbocycles. The van der Waals surface area contributed by atoms with Gasteiger partial charge in [-0.3, -0.25) is 0 Å². The van der Waals surface area contributed by atoms with Gasteiger partial charge < -0.3 is 23.9 Å². The molecule has 4 rings (SSSR count). The highest BCUT2D eigenvalue weighted by Gasteiger charge is 2.31. The number of hydrogen-bond acceptors (Lipinski definition) is 5. The van der Waals surface area contributed by atoms with Crippen LogP contribution in [0.1, 0.15) is 36.9 Å². The van der Waals surface area contributed by atoms with Crippen molar-refractivity contribution in [2.45, 2.75) is 32.9 Å². The number of fused-ring (bicyclic) bond motifs is 1. The van der Waals surface area contributed by atoms with Crippen LogP contribution in [0, 0.1) is 0 Å². The van der Waals surface area contributed by atoms with Gasteiger partial charge in [-0.25, -0.2) is 4.98 Å². The summed E-state index contributed by atoms with van der Waals surface area (Å²) in [4.78, 5) is 8.03. The van der Waals surface area contributed by atoms with Crippen LogP contribution in [0.2, 0.25) is 0 Å². The van der Waals surface area contributed by atoms with E-state index in [1.807, 2.05) is 56.3 Å². The Morgan fingerprint density at radius 3 is 2.17 bits per heavy atom. The van der Waals surface area contributed by atoms with E-state index in [0.29, 0.717) is 30.4 Å². The number of nitrogens with zero attached hydrogens (tertiary/aromatic N) is 1. The first-order chi connectivity index (χ1) is 16.8. The quantitative estimate of drug-likeness (QED) is 0.275.